The number of amides is 2. The third-order valence-electron chi connectivity index (χ3n) is 6.26. The molecule has 0 saturated heterocycles. The van der Waals surface area contributed by atoms with Gasteiger partial charge in [-0.15, -0.1) is 0 Å². The van der Waals surface area contributed by atoms with E-state index in [-0.39, 0.29) is 23.3 Å². The molecule has 0 bridgehead atoms. The Morgan fingerprint density at radius 1 is 1.03 bits per heavy atom. The number of sulfonamides is 1. The highest BCUT2D eigenvalue weighted by Gasteiger charge is 2.48. The minimum absolute atomic E-state index is 0.0387. The second kappa shape index (κ2) is 9.44. The first kappa shape index (κ1) is 23.1. The molecule has 0 aromatic heterocycles. The summed E-state index contributed by atoms with van der Waals surface area (Å²) in [5.41, 5.74) is 1.44. The number of hydrogen-bond donors (Lipinski definition) is 2. The Kier molecular flexibility index (Phi) is 6.62. The van der Waals surface area contributed by atoms with Crippen molar-refractivity contribution >= 4 is 27.5 Å². The number of primary sulfonamides is 1. The van der Waals surface area contributed by atoms with Gasteiger partial charge in [0.2, 0.25) is 15.9 Å². The van der Waals surface area contributed by atoms with Gasteiger partial charge in [0, 0.05) is 12.1 Å². The van der Waals surface area contributed by atoms with E-state index in [0.717, 1.165) is 43.2 Å². The maximum atomic E-state index is 13.3. The van der Waals surface area contributed by atoms with Crippen molar-refractivity contribution in [2.45, 2.75) is 49.1 Å². The average Bonchev–Trinajstić information content (AvgIpc) is 3.06. The summed E-state index contributed by atoms with van der Waals surface area (Å²) in [6, 6.07) is 15.6. The number of carbonyl (C=O) groups is 2. The molecule has 1 aliphatic heterocycles. The smallest absolute Gasteiger partial charge is 0.275 e. The molecule has 4 rings (SSSR count). The Bertz CT molecular complexity index is 1150. The van der Waals surface area contributed by atoms with Gasteiger partial charge in [0.15, 0.2) is 0 Å². The molecule has 1 spiro atoms. The molecule has 1 heterocycles. The number of rotatable bonds is 7. The number of aliphatic imine (C=N–C) groups is 1. The van der Waals surface area contributed by atoms with Crippen molar-refractivity contribution in [3.63, 3.8) is 0 Å². The molecule has 2 amide bonds. The van der Waals surface area contributed by atoms with E-state index in [1.54, 1.807) is 17.0 Å². The Morgan fingerprint density at radius 2 is 1.70 bits per heavy atom. The van der Waals surface area contributed by atoms with Crippen molar-refractivity contribution < 1.29 is 18.0 Å². The summed E-state index contributed by atoms with van der Waals surface area (Å²) >= 11 is 0. The van der Waals surface area contributed by atoms with Gasteiger partial charge in [0.1, 0.15) is 17.9 Å². The monoisotopic (exact) mass is 468 g/mol. The van der Waals surface area contributed by atoms with Crippen molar-refractivity contribution in [3.05, 3.63) is 65.7 Å². The number of benzene rings is 2. The molecule has 8 nitrogen and oxygen atoms in total. The van der Waals surface area contributed by atoms with Crippen LogP contribution in [0.5, 0.6) is 0 Å². The van der Waals surface area contributed by atoms with Crippen molar-refractivity contribution in [1.82, 2.24) is 10.2 Å². The molecular formula is C24H28N4O4S. The van der Waals surface area contributed by atoms with Crippen LogP contribution in [0.3, 0.4) is 0 Å². The zero-order chi connectivity index (χ0) is 23.5. The van der Waals surface area contributed by atoms with Gasteiger partial charge in [-0.2, -0.15) is 0 Å². The van der Waals surface area contributed by atoms with Crippen LogP contribution in [-0.2, 0) is 26.0 Å². The minimum atomic E-state index is -3.73. The molecule has 174 valence electrons. The Labute approximate surface area is 193 Å². The molecule has 1 fully saturated rings. The van der Waals surface area contributed by atoms with Crippen LogP contribution in [0.4, 0.5) is 0 Å². The highest BCUT2D eigenvalue weighted by Crippen LogP contribution is 2.39. The Hall–Kier alpha value is -3.04. The highest BCUT2D eigenvalue weighted by atomic mass is 32.2. The molecule has 0 atom stereocenters. The minimum Gasteiger partial charge on any atom is -0.354 e. The second-order valence-electron chi connectivity index (χ2n) is 8.55. The lowest BCUT2D eigenvalue weighted by Gasteiger charge is -2.38. The summed E-state index contributed by atoms with van der Waals surface area (Å²) in [4.78, 5) is 32.6. The number of carbonyl (C=O) groups excluding carboxylic acids is 2. The first-order valence-corrected chi connectivity index (χ1v) is 12.7. The van der Waals surface area contributed by atoms with Crippen molar-refractivity contribution in [1.29, 1.82) is 0 Å². The third kappa shape index (κ3) is 5.15. The summed E-state index contributed by atoms with van der Waals surface area (Å²) in [7, 11) is -3.73. The topological polar surface area (TPSA) is 122 Å². The number of nitrogens with one attached hydrogen (secondary N) is 1. The average molecular weight is 469 g/mol. The lowest BCUT2D eigenvalue weighted by atomic mass is 9.88. The van der Waals surface area contributed by atoms with Crippen molar-refractivity contribution in [2.75, 3.05) is 13.1 Å². The van der Waals surface area contributed by atoms with Gasteiger partial charge in [0.05, 0.1) is 4.90 Å². The summed E-state index contributed by atoms with van der Waals surface area (Å²) in [5, 5.41) is 7.99. The first-order chi connectivity index (χ1) is 15.8. The SMILES string of the molecule is NS(=O)(=O)c1ccc(CCNC(=O)CN2C(=O)C(c3ccccc3)=NC23CCCCC3)cc1. The maximum Gasteiger partial charge on any atom is 0.275 e. The van der Waals surface area contributed by atoms with Crippen LogP contribution in [0.2, 0.25) is 0 Å². The highest BCUT2D eigenvalue weighted by molar-refractivity contribution is 7.89. The summed E-state index contributed by atoms with van der Waals surface area (Å²) in [6.07, 6.45) is 5.12. The molecule has 33 heavy (non-hydrogen) atoms. The fraction of sp³-hybridized carbons (Fsp3) is 0.375. The summed E-state index contributed by atoms with van der Waals surface area (Å²) < 4.78 is 22.7. The molecule has 3 N–H and O–H groups in total. The first-order valence-electron chi connectivity index (χ1n) is 11.1. The predicted octanol–water partition coefficient (Wildman–Crippen LogP) is 1.98. The second-order valence-corrected chi connectivity index (χ2v) is 10.1. The largest absolute Gasteiger partial charge is 0.354 e. The maximum absolute atomic E-state index is 13.3. The molecule has 1 aliphatic carbocycles. The van der Waals surface area contributed by atoms with Crippen LogP contribution in [0.25, 0.3) is 0 Å². The molecule has 0 unspecified atom stereocenters. The van der Waals surface area contributed by atoms with E-state index in [1.807, 2.05) is 30.3 Å². The van der Waals surface area contributed by atoms with Crippen LogP contribution >= 0.6 is 0 Å². The van der Waals surface area contributed by atoms with Gasteiger partial charge in [-0.25, -0.2) is 13.6 Å². The van der Waals surface area contributed by atoms with E-state index in [0.29, 0.717) is 18.7 Å². The van der Waals surface area contributed by atoms with Gasteiger partial charge in [-0.1, -0.05) is 48.9 Å². The fourth-order valence-electron chi connectivity index (χ4n) is 4.53. The third-order valence-corrected chi connectivity index (χ3v) is 7.19. The van der Waals surface area contributed by atoms with E-state index >= 15 is 0 Å². The predicted molar refractivity (Wildman–Crippen MR) is 125 cm³/mol. The lowest BCUT2D eigenvalue weighted by Crippen LogP contribution is -2.52. The lowest BCUT2D eigenvalue weighted by molar-refractivity contribution is -0.135. The van der Waals surface area contributed by atoms with Gasteiger partial charge in [-0.3, -0.25) is 14.6 Å². The molecule has 9 heteroatoms. The van der Waals surface area contributed by atoms with Gasteiger partial charge < -0.3 is 10.2 Å². The standard InChI is InChI=1S/C24H28N4O4S/c25-33(31,32)20-11-9-18(10-12-20)13-16-26-21(29)17-28-23(30)22(19-7-3-1-4-8-19)27-24(28)14-5-2-6-15-24/h1,3-4,7-12H,2,5-6,13-17H2,(H,26,29)(H2,25,31,32). The number of nitrogens with zero attached hydrogens (tertiary/aromatic N) is 2. The summed E-state index contributed by atoms with van der Waals surface area (Å²) in [5.74, 6) is -0.434. The molecule has 2 aromatic rings. The van der Waals surface area contributed by atoms with Crippen LogP contribution in [0.15, 0.2) is 64.5 Å². The van der Waals surface area contributed by atoms with Crippen LogP contribution in [0.1, 0.15) is 43.2 Å². The van der Waals surface area contributed by atoms with E-state index in [4.69, 9.17) is 10.1 Å². The van der Waals surface area contributed by atoms with E-state index in [1.165, 1.54) is 12.1 Å². The van der Waals surface area contributed by atoms with Gasteiger partial charge >= 0.3 is 0 Å². The van der Waals surface area contributed by atoms with E-state index in [2.05, 4.69) is 5.32 Å². The van der Waals surface area contributed by atoms with Gasteiger partial charge in [-0.05, 0) is 49.8 Å². The molecule has 2 aromatic carbocycles. The quantitative estimate of drug-likeness (QED) is 0.645. The van der Waals surface area contributed by atoms with E-state index < -0.39 is 15.7 Å². The molecule has 2 aliphatic rings. The summed E-state index contributed by atoms with van der Waals surface area (Å²) in [6.45, 7) is 0.331. The molecular weight excluding hydrogens is 440 g/mol. The zero-order valence-corrected chi connectivity index (χ0v) is 19.2. The molecule has 0 radical (unpaired) electrons. The van der Waals surface area contributed by atoms with Gasteiger partial charge in [0.25, 0.3) is 5.91 Å². The Morgan fingerprint density at radius 3 is 2.33 bits per heavy atom. The fourth-order valence-corrected chi connectivity index (χ4v) is 5.04. The van der Waals surface area contributed by atoms with Crippen molar-refractivity contribution in [3.8, 4) is 0 Å². The normalized spacial score (nSPS) is 17.8. The van der Waals surface area contributed by atoms with Crippen molar-refractivity contribution in [2.24, 2.45) is 10.1 Å². The van der Waals surface area contributed by atoms with Crippen LogP contribution in [-0.4, -0.2) is 49.6 Å². The van der Waals surface area contributed by atoms with E-state index in [9.17, 15) is 18.0 Å². The zero-order valence-electron chi connectivity index (χ0n) is 18.4. The number of hydrogen-bond acceptors (Lipinski definition) is 5. The number of nitrogens with two attached hydrogens (primary N) is 1. The Balaban J connectivity index is 1.40. The molecule has 1 saturated carbocycles. The van der Waals surface area contributed by atoms with Crippen LogP contribution < -0.4 is 10.5 Å². The van der Waals surface area contributed by atoms with Crippen LogP contribution in [0, 0.1) is 0 Å².